The Morgan fingerprint density at radius 1 is 1.38 bits per heavy atom. The molecule has 1 saturated carbocycles. The number of carboxylic acid groups (broad SMARTS) is 1. The van der Waals surface area contributed by atoms with E-state index in [0.717, 1.165) is 31.4 Å². The van der Waals surface area contributed by atoms with Gasteiger partial charge in [-0.3, -0.25) is 0 Å². The van der Waals surface area contributed by atoms with Crippen molar-refractivity contribution in [3.63, 3.8) is 0 Å². The van der Waals surface area contributed by atoms with Gasteiger partial charge in [-0.1, -0.05) is 6.42 Å². The summed E-state index contributed by atoms with van der Waals surface area (Å²) in [5.74, 6) is -2.21. The van der Waals surface area contributed by atoms with Crippen molar-refractivity contribution in [3.05, 3.63) is 29.6 Å². The minimum absolute atomic E-state index is 0.114. The van der Waals surface area contributed by atoms with Gasteiger partial charge in [0.15, 0.2) is 0 Å². The van der Waals surface area contributed by atoms with E-state index < -0.39 is 23.4 Å². The van der Waals surface area contributed by atoms with E-state index in [1.165, 1.54) is 6.07 Å². The summed E-state index contributed by atoms with van der Waals surface area (Å²) in [4.78, 5) is 22.6. The monoisotopic (exact) mass is 312 g/mol. The quantitative estimate of drug-likeness (QED) is 0.799. The fourth-order valence-corrected chi connectivity index (χ4v) is 3.41. The van der Waals surface area contributed by atoms with Crippen LogP contribution >= 0.6 is 11.8 Å². The molecule has 21 heavy (non-hydrogen) atoms. The third kappa shape index (κ3) is 3.87. The lowest BCUT2D eigenvalue weighted by molar-refractivity contribution is 0.0692. The van der Waals surface area contributed by atoms with Crippen molar-refractivity contribution in [2.75, 3.05) is 11.6 Å². The maximum Gasteiger partial charge on any atom is 0.338 e. The Morgan fingerprint density at radius 2 is 2.14 bits per heavy atom. The Labute approximate surface area is 126 Å². The Hall–Kier alpha value is -1.76. The number of benzene rings is 1. The van der Waals surface area contributed by atoms with Crippen molar-refractivity contribution < 1.29 is 19.1 Å². The predicted molar refractivity (Wildman–Crippen MR) is 80.5 cm³/mol. The van der Waals surface area contributed by atoms with Gasteiger partial charge >= 0.3 is 12.0 Å². The van der Waals surface area contributed by atoms with Crippen LogP contribution < -0.4 is 10.6 Å². The standard InChI is InChI=1S/C14H17FN2O3S/c1-21-12-4-2-3-11(12)17-14(20)16-8-5-6-9(13(18)19)10(15)7-8/h5-7,11-12H,2-4H2,1H3,(H,18,19)(H2,16,17,20). The summed E-state index contributed by atoms with van der Waals surface area (Å²) in [6, 6.07) is 3.22. The molecule has 0 aliphatic heterocycles. The molecule has 1 fully saturated rings. The molecule has 1 aliphatic carbocycles. The van der Waals surface area contributed by atoms with E-state index in [9.17, 15) is 14.0 Å². The number of rotatable bonds is 4. The van der Waals surface area contributed by atoms with Crippen molar-refractivity contribution in [1.82, 2.24) is 5.32 Å². The number of carbonyl (C=O) groups is 2. The molecule has 1 aromatic carbocycles. The van der Waals surface area contributed by atoms with Crippen molar-refractivity contribution in [2.45, 2.75) is 30.6 Å². The molecule has 0 spiro atoms. The Balaban J connectivity index is 1.96. The first-order valence-corrected chi connectivity index (χ1v) is 7.93. The second kappa shape index (κ2) is 6.80. The highest BCUT2D eigenvalue weighted by atomic mass is 32.2. The van der Waals surface area contributed by atoms with Crippen LogP contribution in [0.3, 0.4) is 0 Å². The minimum atomic E-state index is -1.34. The molecule has 0 saturated heterocycles. The van der Waals surface area contributed by atoms with Gasteiger partial charge in [0.05, 0.1) is 5.56 Å². The first-order chi connectivity index (χ1) is 10.0. The maximum atomic E-state index is 13.5. The van der Waals surface area contributed by atoms with Crippen LogP contribution in [0.1, 0.15) is 29.6 Å². The molecule has 114 valence electrons. The van der Waals surface area contributed by atoms with Gasteiger partial charge in [-0.2, -0.15) is 11.8 Å². The molecule has 2 atom stereocenters. The topological polar surface area (TPSA) is 78.4 Å². The highest BCUT2D eigenvalue weighted by molar-refractivity contribution is 7.99. The van der Waals surface area contributed by atoms with E-state index in [4.69, 9.17) is 5.11 Å². The van der Waals surface area contributed by atoms with Crippen LogP contribution in [-0.2, 0) is 0 Å². The summed E-state index contributed by atoms with van der Waals surface area (Å²) in [5, 5.41) is 14.6. The Kier molecular flexibility index (Phi) is 5.06. The van der Waals surface area contributed by atoms with Crippen molar-refractivity contribution in [1.29, 1.82) is 0 Å². The molecule has 3 N–H and O–H groups in total. The Bertz CT molecular complexity index is 553. The minimum Gasteiger partial charge on any atom is -0.478 e. The summed E-state index contributed by atoms with van der Waals surface area (Å²) in [6.07, 6.45) is 5.11. The van der Waals surface area contributed by atoms with Crippen LogP contribution in [0.2, 0.25) is 0 Å². The van der Waals surface area contributed by atoms with Gasteiger partial charge in [-0.15, -0.1) is 0 Å². The number of urea groups is 1. The van der Waals surface area contributed by atoms with Crippen molar-refractivity contribution in [2.24, 2.45) is 0 Å². The number of hydrogen-bond acceptors (Lipinski definition) is 3. The third-order valence-electron chi connectivity index (χ3n) is 3.53. The number of anilines is 1. The molecule has 1 aromatic rings. The van der Waals surface area contributed by atoms with E-state index in [-0.39, 0.29) is 11.7 Å². The molecule has 1 aliphatic rings. The second-order valence-electron chi connectivity index (χ2n) is 4.91. The molecule has 2 unspecified atom stereocenters. The summed E-state index contributed by atoms with van der Waals surface area (Å²) >= 11 is 1.73. The summed E-state index contributed by atoms with van der Waals surface area (Å²) in [6.45, 7) is 0. The fourth-order valence-electron chi connectivity index (χ4n) is 2.48. The van der Waals surface area contributed by atoms with Gasteiger partial charge in [0.25, 0.3) is 0 Å². The van der Waals surface area contributed by atoms with Crippen LogP contribution in [0.25, 0.3) is 0 Å². The van der Waals surface area contributed by atoms with E-state index >= 15 is 0 Å². The summed E-state index contributed by atoms with van der Waals surface area (Å²) in [7, 11) is 0. The molecule has 2 amide bonds. The molecular weight excluding hydrogens is 295 g/mol. The first kappa shape index (κ1) is 15.6. The van der Waals surface area contributed by atoms with E-state index in [2.05, 4.69) is 10.6 Å². The van der Waals surface area contributed by atoms with Crippen LogP contribution in [0.15, 0.2) is 18.2 Å². The largest absolute Gasteiger partial charge is 0.478 e. The third-order valence-corrected chi connectivity index (χ3v) is 4.70. The zero-order valence-electron chi connectivity index (χ0n) is 11.6. The molecule has 0 heterocycles. The molecule has 5 nitrogen and oxygen atoms in total. The van der Waals surface area contributed by atoms with Gasteiger partial charge in [-0.05, 0) is 37.3 Å². The van der Waals surface area contributed by atoms with E-state index in [1.54, 1.807) is 11.8 Å². The van der Waals surface area contributed by atoms with Gasteiger partial charge in [0.2, 0.25) is 0 Å². The van der Waals surface area contributed by atoms with Crippen molar-refractivity contribution >= 4 is 29.4 Å². The number of hydrogen-bond donors (Lipinski definition) is 3. The normalized spacial score (nSPS) is 21.0. The number of nitrogens with one attached hydrogen (secondary N) is 2. The molecule has 0 radical (unpaired) electrons. The van der Waals surface area contributed by atoms with Gasteiger partial charge in [0.1, 0.15) is 5.82 Å². The van der Waals surface area contributed by atoms with Crippen LogP contribution in [0, 0.1) is 5.82 Å². The van der Waals surface area contributed by atoms with Crippen LogP contribution in [0.5, 0.6) is 0 Å². The highest BCUT2D eigenvalue weighted by Gasteiger charge is 2.27. The first-order valence-electron chi connectivity index (χ1n) is 6.64. The molecule has 2 rings (SSSR count). The number of carboxylic acids is 1. The predicted octanol–water partition coefficient (Wildman–Crippen LogP) is 2.93. The number of aromatic carboxylic acids is 1. The van der Waals surface area contributed by atoms with Gasteiger partial charge < -0.3 is 15.7 Å². The zero-order valence-corrected chi connectivity index (χ0v) is 12.4. The highest BCUT2D eigenvalue weighted by Crippen LogP contribution is 2.28. The van der Waals surface area contributed by atoms with Crippen LogP contribution in [0.4, 0.5) is 14.9 Å². The fraction of sp³-hybridized carbons (Fsp3) is 0.429. The van der Waals surface area contributed by atoms with Crippen molar-refractivity contribution in [3.8, 4) is 0 Å². The van der Waals surface area contributed by atoms with E-state index in [1.807, 2.05) is 6.26 Å². The summed E-state index contributed by atoms with van der Waals surface area (Å²) in [5.41, 5.74) is -0.187. The molecular formula is C14H17FN2O3S. The lowest BCUT2D eigenvalue weighted by Gasteiger charge is -2.19. The SMILES string of the molecule is CSC1CCCC1NC(=O)Nc1ccc(C(=O)O)c(F)c1. The number of thioether (sulfide) groups is 1. The van der Waals surface area contributed by atoms with E-state index in [0.29, 0.717) is 5.25 Å². The molecule has 0 bridgehead atoms. The Morgan fingerprint density at radius 3 is 2.76 bits per heavy atom. The zero-order chi connectivity index (χ0) is 15.4. The number of amides is 2. The molecule has 7 heteroatoms. The van der Waals surface area contributed by atoms with Gasteiger partial charge in [0, 0.05) is 17.0 Å². The number of carbonyl (C=O) groups excluding carboxylic acids is 1. The smallest absolute Gasteiger partial charge is 0.338 e. The average Bonchev–Trinajstić information content (AvgIpc) is 2.85. The lowest BCUT2D eigenvalue weighted by atomic mass is 10.2. The van der Waals surface area contributed by atoms with Crippen LogP contribution in [-0.4, -0.2) is 34.7 Å². The average molecular weight is 312 g/mol. The van der Waals surface area contributed by atoms with Gasteiger partial charge in [-0.25, -0.2) is 14.0 Å². The molecule has 0 aromatic heterocycles. The maximum absolute atomic E-state index is 13.5. The summed E-state index contributed by atoms with van der Waals surface area (Å²) < 4.78 is 13.5. The lowest BCUT2D eigenvalue weighted by Crippen LogP contribution is -2.41. The number of halogens is 1. The second-order valence-corrected chi connectivity index (χ2v) is 5.99.